The van der Waals surface area contributed by atoms with Gasteiger partial charge in [-0.05, 0) is 25.0 Å². The van der Waals surface area contributed by atoms with E-state index in [1.807, 2.05) is 0 Å². The van der Waals surface area contributed by atoms with Gasteiger partial charge >= 0.3 is 0 Å². The van der Waals surface area contributed by atoms with Crippen LogP contribution >= 0.6 is 0 Å². The van der Waals surface area contributed by atoms with E-state index in [0.717, 1.165) is 12.8 Å². The molecular formula is C11H16N2O3S2. The standard InChI is InChI=1S/C11H16N2O3S2/c1-18(15,16)10-3-2-6-12-11(10)13-9-4-7-17(14)8-5-9/h2-3,6,9H,4-5,7-8H2,1H3,(H,12,13). The number of pyridine rings is 1. The molecule has 0 bridgehead atoms. The molecule has 7 heteroatoms. The summed E-state index contributed by atoms with van der Waals surface area (Å²) in [6, 6.07) is 3.31. The number of nitrogens with one attached hydrogen (secondary N) is 1. The lowest BCUT2D eigenvalue weighted by Crippen LogP contribution is -2.30. The van der Waals surface area contributed by atoms with Gasteiger partial charge in [0.1, 0.15) is 10.7 Å². The van der Waals surface area contributed by atoms with Crippen LogP contribution in [0.15, 0.2) is 23.2 Å². The molecule has 1 saturated heterocycles. The maximum absolute atomic E-state index is 11.6. The minimum atomic E-state index is -3.28. The largest absolute Gasteiger partial charge is 0.366 e. The molecule has 5 nitrogen and oxygen atoms in total. The minimum Gasteiger partial charge on any atom is -0.366 e. The van der Waals surface area contributed by atoms with Gasteiger partial charge in [0.25, 0.3) is 0 Å². The zero-order valence-electron chi connectivity index (χ0n) is 10.1. The fourth-order valence-corrected chi connectivity index (χ4v) is 4.02. The molecule has 1 fully saturated rings. The first kappa shape index (κ1) is 13.5. The molecule has 0 amide bonds. The van der Waals surface area contributed by atoms with Gasteiger partial charge in [-0.1, -0.05) is 0 Å². The van der Waals surface area contributed by atoms with Crippen LogP contribution in [0.25, 0.3) is 0 Å². The van der Waals surface area contributed by atoms with E-state index in [4.69, 9.17) is 0 Å². The summed E-state index contributed by atoms with van der Waals surface area (Å²) in [4.78, 5) is 4.31. The van der Waals surface area contributed by atoms with Crippen molar-refractivity contribution in [3.8, 4) is 0 Å². The number of rotatable bonds is 3. The van der Waals surface area contributed by atoms with Crippen LogP contribution in [-0.4, -0.2) is 41.4 Å². The van der Waals surface area contributed by atoms with Gasteiger partial charge in [0.2, 0.25) is 0 Å². The maximum atomic E-state index is 11.6. The van der Waals surface area contributed by atoms with Crippen LogP contribution < -0.4 is 5.32 Å². The van der Waals surface area contributed by atoms with Crippen molar-refractivity contribution < 1.29 is 12.6 Å². The molecule has 1 N–H and O–H groups in total. The van der Waals surface area contributed by atoms with Crippen LogP contribution in [0.4, 0.5) is 5.82 Å². The van der Waals surface area contributed by atoms with Gasteiger partial charge in [-0.15, -0.1) is 0 Å². The van der Waals surface area contributed by atoms with E-state index in [0.29, 0.717) is 17.3 Å². The molecular weight excluding hydrogens is 272 g/mol. The summed E-state index contributed by atoms with van der Waals surface area (Å²) >= 11 is 0. The molecule has 0 atom stereocenters. The first-order valence-electron chi connectivity index (χ1n) is 5.73. The first-order chi connectivity index (χ1) is 8.47. The second-order valence-electron chi connectivity index (χ2n) is 4.39. The molecule has 2 heterocycles. The predicted molar refractivity (Wildman–Crippen MR) is 71.9 cm³/mol. The topological polar surface area (TPSA) is 76.1 Å². The van der Waals surface area contributed by atoms with Crippen molar-refractivity contribution in [3.63, 3.8) is 0 Å². The first-order valence-corrected chi connectivity index (χ1v) is 9.11. The lowest BCUT2D eigenvalue weighted by atomic mass is 10.1. The molecule has 0 saturated carbocycles. The fourth-order valence-electron chi connectivity index (χ4n) is 1.93. The smallest absolute Gasteiger partial charge is 0.179 e. The minimum absolute atomic E-state index is 0.151. The normalized spacial score (nSPS) is 24.7. The van der Waals surface area contributed by atoms with E-state index < -0.39 is 20.6 Å². The highest BCUT2D eigenvalue weighted by atomic mass is 32.2. The van der Waals surface area contributed by atoms with Crippen molar-refractivity contribution in [2.45, 2.75) is 23.8 Å². The Labute approximate surface area is 109 Å². The third kappa shape index (κ3) is 3.29. The second-order valence-corrected chi connectivity index (χ2v) is 8.07. The van der Waals surface area contributed by atoms with Crippen LogP contribution in [-0.2, 0) is 20.6 Å². The molecule has 1 aliphatic rings. The molecule has 0 spiro atoms. The summed E-state index contributed by atoms with van der Waals surface area (Å²) in [5.74, 6) is 1.73. The Kier molecular flexibility index (Phi) is 4.01. The van der Waals surface area contributed by atoms with Crippen LogP contribution in [0.3, 0.4) is 0 Å². The Balaban J connectivity index is 2.17. The summed E-state index contributed by atoms with van der Waals surface area (Å²) in [5, 5.41) is 3.15. The fraction of sp³-hybridized carbons (Fsp3) is 0.545. The van der Waals surface area contributed by atoms with Crippen LogP contribution in [0, 0.1) is 0 Å². The highest BCUT2D eigenvalue weighted by Gasteiger charge is 2.21. The predicted octanol–water partition coefficient (Wildman–Crippen LogP) is 0.808. The monoisotopic (exact) mass is 288 g/mol. The van der Waals surface area contributed by atoms with Gasteiger partial charge in [-0.2, -0.15) is 0 Å². The van der Waals surface area contributed by atoms with Crippen LogP contribution in [0.1, 0.15) is 12.8 Å². The zero-order valence-corrected chi connectivity index (χ0v) is 11.8. The average molecular weight is 288 g/mol. The maximum Gasteiger partial charge on any atom is 0.179 e. The van der Waals surface area contributed by atoms with E-state index in [-0.39, 0.29) is 10.9 Å². The molecule has 1 aromatic heterocycles. The van der Waals surface area contributed by atoms with Crippen molar-refractivity contribution in [1.82, 2.24) is 4.98 Å². The Morgan fingerprint density at radius 2 is 2.06 bits per heavy atom. The average Bonchev–Trinajstić information content (AvgIpc) is 2.31. The summed E-state index contributed by atoms with van der Waals surface area (Å²) < 4.78 is 34.5. The third-order valence-corrected chi connectivity index (χ3v) is 5.41. The SMILES string of the molecule is CS(=O)(=O)c1cccnc1NC1CCS(=O)CC1. The summed E-state index contributed by atoms with van der Waals surface area (Å²) in [6.45, 7) is 0. The van der Waals surface area contributed by atoms with Crippen molar-refractivity contribution >= 4 is 26.5 Å². The van der Waals surface area contributed by atoms with Crippen molar-refractivity contribution in [1.29, 1.82) is 0 Å². The Morgan fingerprint density at radius 3 is 2.67 bits per heavy atom. The molecule has 18 heavy (non-hydrogen) atoms. The Hall–Kier alpha value is -0.950. The Bertz CT molecular complexity index is 547. The quantitative estimate of drug-likeness (QED) is 0.890. The Morgan fingerprint density at radius 1 is 1.39 bits per heavy atom. The van der Waals surface area contributed by atoms with Crippen LogP contribution in [0.5, 0.6) is 0 Å². The number of anilines is 1. The summed E-state index contributed by atoms with van der Waals surface area (Å²) in [5.41, 5.74) is 0. The lowest BCUT2D eigenvalue weighted by Gasteiger charge is -2.23. The van der Waals surface area contributed by atoms with Crippen molar-refractivity contribution in [2.24, 2.45) is 0 Å². The highest BCUT2D eigenvalue weighted by molar-refractivity contribution is 7.90. The molecule has 0 radical (unpaired) electrons. The number of hydrogen-bond acceptors (Lipinski definition) is 5. The number of aromatic nitrogens is 1. The molecule has 0 aromatic carbocycles. The van der Waals surface area contributed by atoms with E-state index in [2.05, 4.69) is 10.3 Å². The number of sulfone groups is 1. The zero-order chi connectivity index (χ0) is 13.2. The molecule has 0 aliphatic carbocycles. The second kappa shape index (κ2) is 5.36. The molecule has 1 aromatic rings. The number of hydrogen-bond donors (Lipinski definition) is 1. The van der Waals surface area contributed by atoms with Gasteiger partial charge < -0.3 is 5.32 Å². The number of nitrogens with zero attached hydrogens (tertiary/aromatic N) is 1. The lowest BCUT2D eigenvalue weighted by molar-refractivity contribution is 0.599. The van der Waals surface area contributed by atoms with Gasteiger partial charge in [0.05, 0.1) is 0 Å². The van der Waals surface area contributed by atoms with Gasteiger partial charge in [0.15, 0.2) is 9.84 Å². The van der Waals surface area contributed by atoms with Crippen molar-refractivity contribution in [3.05, 3.63) is 18.3 Å². The van der Waals surface area contributed by atoms with E-state index in [1.54, 1.807) is 18.3 Å². The molecule has 1 aliphatic heterocycles. The third-order valence-electron chi connectivity index (χ3n) is 2.90. The van der Waals surface area contributed by atoms with Crippen LogP contribution in [0.2, 0.25) is 0 Å². The molecule has 0 unspecified atom stereocenters. The molecule has 2 rings (SSSR count). The van der Waals surface area contributed by atoms with E-state index in [9.17, 15) is 12.6 Å². The van der Waals surface area contributed by atoms with Gasteiger partial charge in [-0.3, -0.25) is 4.21 Å². The van der Waals surface area contributed by atoms with E-state index in [1.165, 1.54) is 6.26 Å². The van der Waals surface area contributed by atoms with Gasteiger partial charge in [0, 0.05) is 40.8 Å². The van der Waals surface area contributed by atoms with E-state index >= 15 is 0 Å². The van der Waals surface area contributed by atoms with Crippen molar-refractivity contribution in [2.75, 3.05) is 23.1 Å². The highest BCUT2D eigenvalue weighted by Crippen LogP contribution is 2.21. The van der Waals surface area contributed by atoms with Gasteiger partial charge in [-0.25, -0.2) is 13.4 Å². The molecule has 100 valence electrons. The summed E-state index contributed by atoms with van der Waals surface area (Å²) in [6.07, 6.45) is 4.31. The summed E-state index contributed by atoms with van der Waals surface area (Å²) in [7, 11) is -4.00.